The summed E-state index contributed by atoms with van der Waals surface area (Å²) in [5.74, 6) is -0.182. The smallest absolute Gasteiger partial charge is 0.416 e. The highest BCUT2D eigenvalue weighted by atomic mass is 32.2. The summed E-state index contributed by atoms with van der Waals surface area (Å²) in [6.07, 6.45) is 1.02. The van der Waals surface area contributed by atoms with Gasteiger partial charge in [-0.05, 0) is 96.8 Å². The van der Waals surface area contributed by atoms with Gasteiger partial charge in [0.25, 0.3) is 0 Å². The van der Waals surface area contributed by atoms with Crippen LogP contribution in [0, 0.1) is 0 Å². The third-order valence-electron chi connectivity index (χ3n) is 12.3. The van der Waals surface area contributed by atoms with Gasteiger partial charge in [-0.3, -0.25) is 9.36 Å². The third-order valence-corrected chi connectivity index (χ3v) is 15.6. The molecule has 0 aliphatic carbocycles. The second-order valence-electron chi connectivity index (χ2n) is 16.9. The maximum absolute atomic E-state index is 13.5. The van der Waals surface area contributed by atoms with Crippen molar-refractivity contribution in [2.45, 2.75) is 58.3 Å². The van der Waals surface area contributed by atoms with Crippen LogP contribution in [0.3, 0.4) is 0 Å². The number of nitrogens with zero attached hydrogens (tertiary/aromatic N) is 8. The van der Waals surface area contributed by atoms with Gasteiger partial charge in [0.2, 0.25) is 0 Å². The summed E-state index contributed by atoms with van der Waals surface area (Å²) in [5, 5.41) is 8.24. The van der Waals surface area contributed by atoms with Crippen LogP contribution in [-0.4, -0.2) is 69.5 Å². The summed E-state index contributed by atoms with van der Waals surface area (Å²) in [6, 6.07) is 23.2. The van der Waals surface area contributed by atoms with E-state index in [1.807, 2.05) is 0 Å². The number of benzene rings is 4. The van der Waals surface area contributed by atoms with Gasteiger partial charge in [-0.15, -0.1) is 0 Å². The Morgan fingerprint density at radius 2 is 0.889 bits per heavy atom. The Kier molecular flexibility index (Phi) is 13.5. The molecule has 72 heavy (non-hydrogen) atoms. The molecule has 2 aliphatic rings. The van der Waals surface area contributed by atoms with Crippen LogP contribution < -0.4 is 9.47 Å². The molecule has 0 saturated heterocycles. The highest BCUT2D eigenvalue weighted by Gasteiger charge is 2.36. The van der Waals surface area contributed by atoms with Crippen molar-refractivity contribution in [1.82, 2.24) is 39.5 Å². The molecule has 4 aromatic heterocycles. The second kappa shape index (κ2) is 19.6. The Morgan fingerprint density at radius 3 is 1.24 bits per heavy atom. The zero-order valence-electron chi connectivity index (χ0n) is 38.2. The van der Waals surface area contributed by atoms with Crippen LogP contribution in [0.4, 0.5) is 26.3 Å². The number of hydrogen-bond donors (Lipinski definition) is 0. The van der Waals surface area contributed by atoms with Crippen molar-refractivity contribution in [1.29, 1.82) is 0 Å². The molecule has 4 aromatic carbocycles. The van der Waals surface area contributed by atoms with Crippen molar-refractivity contribution in [3.63, 3.8) is 0 Å². The molecule has 0 spiro atoms. The first-order valence-electron chi connectivity index (χ1n) is 22.2. The number of aryl methyl sites for hydroxylation is 2. The zero-order chi connectivity index (χ0) is 51.0. The van der Waals surface area contributed by atoms with Crippen LogP contribution in [0.5, 0.6) is 11.5 Å². The summed E-state index contributed by atoms with van der Waals surface area (Å²) < 4.78 is 148. The topological polar surface area (TPSA) is 174 Å². The fraction of sp³-hybridized carbons (Fsp3) is 0.240. The molecular weight excluding hydrogens is 987 g/mol. The molecule has 0 saturated carbocycles. The molecule has 0 N–H and O–H groups in total. The third kappa shape index (κ3) is 10.5. The van der Waals surface area contributed by atoms with Crippen molar-refractivity contribution in [2.75, 3.05) is 13.2 Å². The van der Waals surface area contributed by atoms with Crippen molar-refractivity contribution in [3.05, 3.63) is 179 Å². The predicted octanol–water partition coefficient (Wildman–Crippen LogP) is 9.57. The van der Waals surface area contributed by atoms with E-state index in [4.69, 9.17) is 9.47 Å². The van der Waals surface area contributed by atoms with E-state index in [0.29, 0.717) is 69.1 Å². The fourth-order valence-corrected chi connectivity index (χ4v) is 11.3. The number of hydrogen-bond acceptors (Lipinski definition) is 12. The quantitative estimate of drug-likeness (QED) is 0.119. The molecule has 2 aliphatic heterocycles. The van der Waals surface area contributed by atoms with Crippen LogP contribution in [-0.2, 0) is 57.6 Å². The Balaban J connectivity index is 0.000000178. The number of halogens is 6. The Hall–Kier alpha value is -7.46. The minimum Gasteiger partial charge on any atom is -0.493 e. The van der Waals surface area contributed by atoms with Gasteiger partial charge < -0.3 is 9.47 Å². The summed E-state index contributed by atoms with van der Waals surface area (Å²) in [6.45, 7) is 0.573. The number of aromatic nitrogens is 8. The van der Waals surface area contributed by atoms with E-state index in [1.165, 1.54) is 82.9 Å². The first-order valence-corrected chi connectivity index (χ1v) is 25.5. The van der Waals surface area contributed by atoms with Crippen LogP contribution in [0.1, 0.15) is 69.7 Å². The largest absolute Gasteiger partial charge is 0.493 e. The Labute approximate surface area is 409 Å². The van der Waals surface area contributed by atoms with E-state index in [1.54, 1.807) is 50.5 Å². The van der Waals surface area contributed by atoms with Crippen LogP contribution >= 0.6 is 0 Å². The molecule has 22 heteroatoms. The standard InChI is InChI=1S/2C25H21F3N4O3S/c2*1-32-22(7-11-31-32)21-13-16(25(26,27)28)3-5-18(21)19-8-12-35-23-14-17(4-6-20(19)23)36(33,34)15-24-29-9-2-10-30-24/h2*2-7,9-11,13-14,19H,8,12,15H2,1H3/t2*19-/m10/s1. The number of alkyl halides is 6. The van der Waals surface area contributed by atoms with Crippen LogP contribution in [0.25, 0.3) is 22.5 Å². The van der Waals surface area contributed by atoms with Crippen molar-refractivity contribution in [3.8, 4) is 34.0 Å². The molecule has 0 fully saturated rings. The van der Waals surface area contributed by atoms with Gasteiger partial charge in [-0.2, -0.15) is 36.5 Å². The Bertz CT molecular complexity index is 3270. The first-order chi connectivity index (χ1) is 34.3. The molecule has 372 valence electrons. The number of fused-ring (bicyclic) bond motifs is 2. The molecule has 14 nitrogen and oxygen atoms in total. The van der Waals surface area contributed by atoms with E-state index in [0.717, 1.165) is 24.3 Å². The van der Waals surface area contributed by atoms with Gasteiger partial charge in [0.05, 0.1) is 45.5 Å². The summed E-state index contributed by atoms with van der Waals surface area (Å²) in [5.41, 5.74) is 3.21. The summed E-state index contributed by atoms with van der Waals surface area (Å²) in [7, 11) is -4.14. The van der Waals surface area contributed by atoms with Gasteiger partial charge in [0, 0.05) is 85.4 Å². The van der Waals surface area contributed by atoms with Crippen LogP contribution in [0.2, 0.25) is 0 Å². The maximum atomic E-state index is 13.5. The molecule has 0 unspecified atom stereocenters. The van der Waals surface area contributed by atoms with E-state index in [9.17, 15) is 43.2 Å². The van der Waals surface area contributed by atoms with Gasteiger partial charge in [0.1, 0.15) is 34.7 Å². The van der Waals surface area contributed by atoms with Gasteiger partial charge in [-0.25, -0.2) is 36.8 Å². The lowest BCUT2D eigenvalue weighted by Crippen LogP contribution is -2.18. The highest BCUT2D eigenvalue weighted by Crippen LogP contribution is 2.46. The number of sulfone groups is 2. The normalized spacial score (nSPS) is 15.8. The van der Waals surface area contributed by atoms with Crippen molar-refractivity contribution in [2.24, 2.45) is 14.1 Å². The van der Waals surface area contributed by atoms with E-state index in [-0.39, 0.29) is 58.0 Å². The molecule has 0 radical (unpaired) electrons. The lowest BCUT2D eigenvalue weighted by Gasteiger charge is -2.28. The maximum Gasteiger partial charge on any atom is 0.416 e. The fourth-order valence-electron chi connectivity index (χ4n) is 8.88. The molecular formula is C50H42F6N8O6S2. The highest BCUT2D eigenvalue weighted by molar-refractivity contribution is 7.91. The van der Waals surface area contributed by atoms with E-state index < -0.39 is 43.2 Å². The predicted molar refractivity (Wildman–Crippen MR) is 250 cm³/mol. The average Bonchev–Trinajstić information content (AvgIpc) is 4.00. The minimum absolute atomic E-state index is 0.0635. The molecule has 10 rings (SSSR count). The monoisotopic (exact) mass is 1030 g/mol. The van der Waals surface area contributed by atoms with E-state index in [2.05, 4.69) is 30.1 Å². The second-order valence-corrected chi connectivity index (χ2v) is 20.9. The minimum atomic E-state index is -4.49. The van der Waals surface area contributed by atoms with E-state index >= 15 is 0 Å². The number of rotatable bonds is 10. The average molecular weight is 1030 g/mol. The summed E-state index contributed by atoms with van der Waals surface area (Å²) >= 11 is 0. The van der Waals surface area contributed by atoms with Gasteiger partial charge in [0.15, 0.2) is 19.7 Å². The number of ether oxygens (including phenoxy) is 2. The lowest BCUT2D eigenvalue weighted by atomic mass is 9.83. The molecule has 2 atom stereocenters. The van der Waals surface area contributed by atoms with Crippen LogP contribution in [0.15, 0.2) is 144 Å². The molecule has 6 heterocycles. The summed E-state index contributed by atoms with van der Waals surface area (Å²) in [4.78, 5) is 16.1. The van der Waals surface area contributed by atoms with Gasteiger partial charge in [-0.1, -0.05) is 24.3 Å². The van der Waals surface area contributed by atoms with Gasteiger partial charge >= 0.3 is 12.4 Å². The Morgan fingerprint density at radius 1 is 0.514 bits per heavy atom. The molecule has 0 amide bonds. The first kappa shape index (κ1) is 49.5. The zero-order valence-corrected chi connectivity index (χ0v) is 39.8. The molecule has 8 aromatic rings. The molecule has 0 bridgehead atoms. The van der Waals surface area contributed by atoms with Crippen molar-refractivity contribution < 1.29 is 52.7 Å². The SMILES string of the molecule is Cn1nccc1-c1cc(C(F)(F)F)ccc1[C@@H]1CCOc2cc(S(=O)(=O)Cc3ncccn3)ccc21.Cn1nccc1-c1cc(C(F)(F)F)ccc1[C@H]1CCOc2cc(S(=O)(=O)Cc3ncccn3)ccc21. The lowest BCUT2D eigenvalue weighted by molar-refractivity contribution is -0.138. The van der Waals surface area contributed by atoms with Crippen molar-refractivity contribution >= 4 is 19.7 Å².